The van der Waals surface area contributed by atoms with Gasteiger partial charge in [-0.1, -0.05) is 42.8 Å². The number of carbonyl (C=O) groups is 2. The van der Waals surface area contributed by atoms with E-state index in [-0.39, 0.29) is 24.6 Å². The molecule has 9 nitrogen and oxygen atoms in total. The molecule has 0 radical (unpaired) electrons. The number of ether oxygens (including phenoxy) is 1. The number of piperidine rings is 1. The number of rotatable bonds is 10. The third kappa shape index (κ3) is 8.01. The van der Waals surface area contributed by atoms with Gasteiger partial charge in [-0.15, -0.1) is 0 Å². The van der Waals surface area contributed by atoms with Crippen LogP contribution in [0.15, 0.2) is 65.5 Å². The molecule has 1 aliphatic rings. The van der Waals surface area contributed by atoms with Crippen molar-refractivity contribution in [2.75, 3.05) is 31.6 Å². The second kappa shape index (κ2) is 13.5. The summed E-state index contributed by atoms with van der Waals surface area (Å²) in [6.07, 6.45) is 3.73. The summed E-state index contributed by atoms with van der Waals surface area (Å²) in [6, 6.07) is 18.2. The summed E-state index contributed by atoms with van der Waals surface area (Å²) < 4.78 is 6.31. The summed E-state index contributed by atoms with van der Waals surface area (Å²) in [5.74, 6) is 0.0647. The average Bonchev–Trinajstić information content (AvgIpc) is 2.93. The first-order chi connectivity index (χ1) is 18.5. The average molecular weight is 518 g/mol. The largest absolute Gasteiger partial charge is 0.450 e. The lowest BCUT2D eigenvalue weighted by molar-refractivity contribution is -0.121. The van der Waals surface area contributed by atoms with Crippen molar-refractivity contribution in [1.82, 2.24) is 20.0 Å². The molecule has 9 heteroatoms. The first kappa shape index (κ1) is 27.1. The van der Waals surface area contributed by atoms with Crippen LogP contribution in [-0.2, 0) is 22.6 Å². The normalized spacial score (nSPS) is 13.6. The molecule has 2 heterocycles. The van der Waals surface area contributed by atoms with Crippen LogP contribution in [0.3, 0.4) is 0 Å². The minimum atomic E-state index is -0.526. The van der Waals surface area contributed by atoms with E-state index in [0.717, 1.165) is 36.3 Å². The maximum absolute atomic E-state index is 12.5. The van der Waals surface area contributed by atoms with Gasteiger partial charge in [-0.05, 0) is 62.2 Å². The highest BCUT2D eigenvalue weighted by atomic mass is 16.5. The van der Waals surface area contributed by atoms with Gasteiger partial charge in [0.05, 0.1) is 18.8 Å². The van der Waals surface area contributed by atoms with Crippen LogP contribution in [-0.4, -0.2) is 52.9 Å². The van der Waals surface area contributed by atoms with Crippen LogP contribution in [0.2, 0.25) is 0 Å². The molecular weight excluding hydrogens is 482 g/mol. The summed E-state index contributed by atoms with van der Waals surface area (Å²) in [4.78, 5) is 38.8. The van der Waals surface area contributed by atoms with Crippen LogP contribution < -0.4 is 16.2 Å². The van der Waals surface area contributed by atoms with Crippen LogP contribution in [0.25, 0.3) is 11.3 Å². The van der Waals surface area contributed by atoms with E-state index in [0.29, 0.717) is 24.3 Å². The molecule has 1 fully saturated rings. The third-order valence-corrected chi connectivity index (χ3v) is 6.49. The number of benzene rings is 2. The summed E-state index contributed by atoms with van der Waals surface area (Å²) >= 11 is 0. The molecule has 1 saturated heterocycles. The number of hydrogen-bond acceptors (Lipinski definition) is 6. The lowest BCUT2D eigenvalue weighted by Crippen LogP contribution is -2.34. The molecule has 0 bridgehead atoms. The quantitative estimate of drug-likeness (QED) is 0.421. The predicted molar refractivity (Wildman–Crippen MR) is 147 cm³/mol. The molecule has 0 unspecified atom stereocenters. The van der Waals surface area contributed by atoms with Crippen LogP contribution in [0.4, 0.5) is 10.5 Å². The van der Waals surface area contributed by atoms with Gasteiger partial charge < -0.3 is 15.0 Å². The van der Waals surface area contributed by atoms with Crippen molar-refractivity contribution < 1.29 is 14.3 Å². The number of amides is 2. The molecule has 0 atom stereocenters. The number of nitrogens with zero attached hydrogens (tertiary/aromatic N) is 3. The van der Waals surface area contributed by atoms with Crippen molar-refractivity contribution >= 4 is 17.7 Å². The fourth-order valence-electron chi connectivity index (χ4n) is 4.45. The Hall–Kier alpha value is -3.98. The fourth-order valence-corrected chi connectivity index (χ4v) is 4.45. The molecule has 3 aromatic rings. The Labute approximate surface area is 222 Å². The van der Waals surface area contributed by atoms with E-state index in [1.165, 1.54) is 30.0 Å². The molecular formula is C29H35N5O4. The predicted octanol–water partition coefficient (Wildman–Crippen LogP) is 4.02. The van der Waals surface area contributed by atoms with Crippen molar-refractivity contribution in [2.24, 2.45) is 0 Å². The Balaban J connectivity index is 1.34. The molecule has 1 aliphatic heterocycles. The Morgan fingerprint density at radius 1 is 0.974 bits per heavy atom. The van der Waals surface area contributed by atoms with E-state index >= 15 is 0 Å². The standard InChI is InChI=1S/C29H35N5O4/c1-2-38-29(37)31-25-8-6-7-23(19-25)21-34-28(36)14-13-26(32-34)24-11-9-22(10-12-24)20-30-27(35)15-18-33-16-4-3-5-17-33/h6-14,19H,2-5,15-18,20-21H2,1H3,(H,30,35)(H,31,37). The van der Waals surface area contributed by atoms with E-state index < -0.39 is 6.09 Å². The topological polar surface area (TPSA) is 106 Å². The highest BCUT2D eigenvalue weighted by molar-refractivity contribution is 5.84. The van der Waals surface area contributed by atoms with Gasteiger partial charge in [0.1, 0.15) is 0 Å². The van der Waals surface area contributed by atoms with E-state index in [9.17, 15) is 14.4 Å². The first-order valence-corrected chi connectivity index (χ1v) is 13.2. The van der Waals surface area contributed by atoms with Gasteiger partial charge in [0.25, 0.3) is 5.56 Å². The van der Waals surface area contributed by atoms with Crippen molar-refractivity contribution in [3.63, 3.8) is 0 Å². The highest BCUT2D eigenvalue weighted by Gasteiger charge is 2.12. The zero-order valence-electron chi connectivity index (χ0n) is 21.8. The van der Waals surface area contributed by atoms with Gasteiger partial charge in [-0.3, -0.25) is 14.9 Å². The Bertz CT molecular complexity index is 1280. The van der Waals surface area contributed by atoms with E-state index in [2.05, 4.69) is 20.6 Å². The number of nitrogens with one attached hydrogen (secondary N) is 2. The molecule has 2 amide bonds. The zero-order chi connectivity index (χ0) is 26.7. The molecule has 2 aromatic carbocycles. The van der Waals surface area contributed by atoms with Gasteiger partial charge in [0, 0.05) is 36.8 Å². The number of anilines is 1. The molecule has 0 spiro atoms. The zero-order valence-corrected chi connectivity index (χ0v) is 21.8. The van der Waals surface area contributed by atoms with Crippen molar-refractivity contribution in [3.05, 3.63) is 82.1 Å². The maximum Gasteiger partial charge on any atom is 0.411 e. The van der Waals surface area contributed by atoms with Crippen LogP contribution in [0.1, 0.15) is 43.7 Å². The Kier molecular flexibility index (Phi) is 9.64. The Morgan fingerprint density at radius 2 is 1.76 bits per heavy atom. The fraction of sp³-hybridized carbons (Fsp3) is 0.379. The van der Waals surface area contributed by atoms with Gasteiger partial charge in [0.15, 0.2) is 0 Å². The smallest absolute Gasteiger partial charge is 0.411 e. The molecule has 1 aromatic heterocycles. The summed E-state index contributed by atoms with van der Waals surface area (Å²) in [6.45, 7) is 5.76. The minimum Gasteiger partial charge on any atom is -0.450 e. The Morgan fingerprint density at radius 3 is 2.53 bits per heavy atom. The van der Waals surface area contributed by atoms with Crippen molar-refractivity contribution in [2.45, 2.75) is 45.7 Å². The van der Waals surface area contributed by atoms with Gasteiger partial charge in [-0.2, -0.15) is 5.10 Å². The molecule has 200 valence electrons. The molecule has 38 heavy (non-hydrogen) atoms. The maximum atomic E-state index is 12.5. The van der Waals surface area contributed by atoms with Gasteiger partial charge in [0.2, 0.25) is 5.91 Å². The number of hydrogen-bond donors (Lipinski definition) is 2. The SMILES string of the molecule is CCOC(=O)Nc1cccc(Cn2nc(-c3ccc(CNC(=O)CCN4CCCCC4)cc3)ccc2=O)c1. The van der Waals surface area contributed by atoms with Crippen LogP contribution in [0, 0.1) is 0 Å². The van der Waals surface area contributed by atoms with Crippen LogP contribution >= 0.6 is 0 Å². The number of carbonyl (C=O) groups excluding carboxylic acids is 2. The lowest BCUT2D eigenvalue weighted by atomic mass is 10.1. The number of likely N-dealkylation sites (tertiary alicyclic amines) is 1. The summed E-state index contributed by atoms with van der Waals surface area (Å²) in [5, 5.41) is 10.2. The molecule has 0 saturated carbocycles. The molecule has 2 N–H and O–H groups in total. The van der Waals surface area contributed by atoms with Crippen LogP contribution in [0.5, 0.6) is 0 Å². The van der Waals surface area contributed by atoms with E-state index in [1.54, 1.807) is 31.2 Å². The molecule has 0 aliphatic carbocycles. The van der Waals surface area contributed by atoms with Gasteiger partial charge in [-0.25, -0.2) is 9.48 Å². The highest BCUT2D eigenvalue weighted by Crippen LogP contribution is 2.17. The minimum absolute atomic E-state index is 0.0647. The summed E-state index contributed by atoms with van der Waals surface area (Å²) in [5.41, 5.74) is 3.72. The lowest BCUT2D eigenvalue weighted by Gasteiger charge is -2.25. The van der Waals surface area contributed by atoms with E-state index in [1.807, 2.05) is 30.3 Å². The second-order valence-electron chi connectivity index (χ2n) is 9.39. The summed E-state index contributed by atoms with van der Waals surface area (Å²) in [7, 11) is 0. The van der Waals surface area contributed by atoms with Crippen molar-refractivity contribution in [3.8, 4) is 11.3 Å². The van der Waals surface area contributed by atoms with Crippen molar-refractivity contribution in [1.29, 1.82) is 0 Å². The molecule has 4 rings (SSSR count). The first-order valence-electron chi connectivity index (χ1n) is 13.2. The van der Waals surface area contributed by atoms with E-state index in [4.69, 9.17) is 4.74 Å². The second-order valence-corrected chi connectivity index (χ2v) is 9.39. The number of aromatic nitrogens is 2. The monoisotopic (exact) mass is 517 g/mol. The third-order valence-electron chi connectivity index (χ3n) is 6.49. The van der Waals surface area contributed by atoms with Gasteiger partial charge >= 0.3 is 6.09 Å².